The highest BCUT2D eigenvalue weighted by Gasteiger charge is 2.37. The third kappa shape index (κ3) is 4.27. The third-order valence-corrected chi connectivity index (χ3v) is 11.7. The summed E-state index contributed by atoms with van der Waals surface area (Å²) in [7, 11) is 0. The second-order valence-electron chi connectivity index (χ2n) is 14.9. The van der Waals surface area contributed by atoms with Crippen LogP contribution in [0.4, 0.5) is 17.1 Å². The molecule has 0 saturated heterocycles. The summed E-state index contributed by atoms with van der Waals surface area (Å²) < 4.78 is 2.53. The number of rotatable bonds is 4. The van der Waals surface area contributed by atoms with E-state index in [1.165, 1.54) is 82.1 Å². The first-order valence-electron chi connectivity index (χ1n) is 18.5. The molecule has 1 heterocycles. The zero-order valence-electron chi connectivity index (χ0n) is 29.7. The standard InChI is InChI=1S/C51H36N2/c1-51(2)45-30-35(52(33-16-5-3-6-17-33)34-18-7-4-8-19-34)28-29-39(45)43-31-44-40-23-13-14-26-47(40)53(49(44)32-46(43)51)48-27-15-25-42-38-21-10-9-20-36(38)37-22-11-12-24-41(37)50(42)48/h3-32H,1-2H3. The van der Waals surface area contributed by atoms with Gasteiger partial charge in [-0.15, -0.1) is 0 Å². The Bertz CT molecular complexity index is 2990. The minimum atomic E-state index is -0.211. The fourth-order valence-electron chi connectivity index (χ4n) is 9.31. The molecule has 53 heavy (non-hydrogen) atoms. The lowest BCUT2D eigenvalue weighted by molar-refractivity contribution is 0.661. The fourth-order valence-corrected chi connectivity index (χ4v) is 9.31. The molecule has 1 aliphatic carbocycles. The molecule has 0 amide bonds. The van der Waals surface area contributed by atoms with Gasteiger partial charge in [0.15, 0.2) is 0 Å². The molecule has 9 aromatic carbocycles. The zero-order valence-corrected chi connectivity index (χ0v) is 29.7. The van der Waals surface area contributed by atoms with E-state index in [4.69, 9.17) is 0 Å². The summed E-state index contributed by atoms with van der Waals surface area (Å²) in [6.45, 7) is 4.79. The fraction of sp³-hybridized carbons (Fsp3) is 0.0588. The number of hydrogen-bond donors (Lipinski definition) is 0. The molecule has 0 radical (unpaired) electrons. The van der Waals surface area contributed by atoms with Crippen LogP contribution >= 0.6 is 0 Å². The molecule has 0 spiro atoms. The number of fused-ring (bicyclic) bond motifs is 12. The molecule has 2 heteroatoms. The molecule has 0 bridgehead atoms. The lowest BCUT2D eigenvalue weighted by Crippen LogP contribution is -2.16. The Kier molecular flexibility index (Phi) is 6.33. The van der Waals surface area contributed by atoms with Crippen LogP contribution in [-0.2, 0) is 5.41 Å². The highest BCUT2D eigenvalue weighted by molar-refractivity contribution is 6.28. The van der Waals surface area contributed by atoms with E-state index in [0.29, 0.717) is 0 Å². The highest BCUT2D eigenvalue weighted by atomic mass is 15.1. The number of para-hydroxylation sites is 3. The Balaban J connectivity index is 1.17. The van der Waals surface area contributed by atoms with Gasteiger partial charge in [0.25, 0.3) is 0 Å². The van der Waals surface area contributed by atoms with Crippen molar-refractivity contribution in [3.8, 4) is 16.8 Å². The lowest BCUT2D eigenvalue weighted by atomic mass is 9.82. The van der Waals surface area contributed by atoms with Crippen molar-refractivity contribution < 1.29 is 0 Å². The summed E-state index contributed by atoms with van der Waals surface area (Å²) in [5.74, 6) is 0. The first-order valence-corrected chi connectivity index (χ1v) is 18.5. The van der Waals surface area contributed by atoms with Crippen LogP contribution in [0.3, 0.4) is 0 Å². The largest absolute Gasteiger partial charge is 0.310 e. The van der Waals surface area contributed by atoms with Crippen LogP contribution in [0.15, 0.2) is 182 Å². The number of anilines is 3. The van der Waals surface area contributed by atoms with Gasteiger partial charge in [-0.2, -0.15) is 0 Å². The van der Waals surface area contributed by atoms with Crippen molar-refractivity contribution in [1.82, 2.24) is 4.57 Å². The van der Waals surface area contributed by atoms with Crippen molar-refractivity contribution in [2.45, 2.75) is 19.3 Å². The van der Waals surface area contributed by atoms with Gasteiger partial charge in [-0.1, -0.05) is 135 Å². The molecule has 1 aliphatic rings. The molecular formula is C51H36N2. The molecule has 0 saturated carbocycles. The van der Waals surface area contributed by atoms with E-state index in [2.05, 4.69) is 205 Å². The summed E-state index contributed by atoms with van der Waals surface area (Å²) in [6, 6.07) is 67.0. The van der Waals surface area contributed by atoms with Gasteiger partial charge in [0.1, 0.15) is 0 Å². The van der Waals surface area contributed by atoms with E-state index in [-0.39, 0.29) is 5.41 Å². The number of nitrogens with zero attached hydrogens (tertiary/aromatic N) is 2. The molecule has 2 nitrogen and oxygen atoms in total. The molecule has 0 aliphatic heterocycles. The Labute approximate surface area is 308 Å². The van der Waals surface area contributed by atoms with Gasteiger partial charge in [-0.25, -0.2) is 0 Å². The van der Waals surface area contributed by atoms with Crippen molar-refractivity contribution in [1.29, 1.82) is 0 Å². The zero-order chi connectivity index (χ0) is 35.3. The highest BCUT2D eigenvalue weighted by Crippen LogP contribution is 2.53. The maximum absolute atomic E-state index is 2.53. The number of aromatic nitrogens is 1. The summed E-state index contributed by atoms with van der Waals surface area (Å²) >= 11 is 0. The summed E-state index contributed by atoms with van der Waals surface area (Å²) in [5.41, 5.74) is 12.3. The van der Waals surface area contributed by atoms with Gasteiger partial charge in [0, 0.05) is 38.6 Å². The van der Waals surface area contributed by atoms with Gasteiger partial charge in [0.05, 0.1) is 16.7 Å². The van der Waals surface area contributed by atoms with Crippen LogP contribution in [0.5, 0.6) is 0 Å². The summed E-state index contributed by atoms with van der Waals surface area (Å²) in [5, 5.41) is 10.3. The van der Waals surface area contributed by atoms with Gasteiger partial charge in [0.2, 0.25) is 0 Å². The maximum Gasteiger partial charge on any atom is 0.0547 e. The average molecular weight is 677 g/mol. The SMILES string of the molecule is CC1(C)c2cc(N(c3ccccc3)c3ccccc3)ccc2-c2cc3c4ccccc4n(-c4cccc5c6ccccc6c6ccccc6c45)c3cc21. The monoisotopic (exact) mass is 676 g/mol. The predicted octanol–water partition coefficient (Wildman–Crippen LogP) is 14.0. The molecule has 11 rings (SSSR count). The van der Waals surface area contributed by atoms with Crippen molar-refractivity contribution in [3.63, 3.8) is 0 Å². The molecular weight excluding hydrogens is 641 g/mol. The van der Waals surface area contributed by atoms with Crippen molar-refractivity contribution in [2.24, 2.45) is 0 Å². The second-order valence-corrected chi connectivity index (χ2v) is 14.9. The normalized spacial score (nSPS) is 13.2. The first-order chi connectivity index (χ1) is 26.1. The van der Waals surface area contributed by atoms with E-state index in [0.717, 1.165) is 17.1 Å². The lowest BCUT2D eigenvalue weighted by Gasteiger charge is -2.28. The Hall–Kier alpha value is -6.64. The van der Waals surface area contributed by atoms with Crippen molar-refractivity contribution in [2.75, 3.05) is 4.90 Å². The Morgan fingerprint density at radius 3 is 1.57 bits per heavy atom. The van der Waals surface area contributed by atoms with Crippen molar-refractivity contribution >= 4 is 71.2 Å². The van der Waals surface area contributed by atoms with Gasteiger partial charge in [-0.05, 0) is 110 Å². The van der Waals surface area contributed by atoms with Crippen LogP contribution < -0.4 is 4.90 Å². The third-order valence-electron chi connectivity index (χ3n) is 11.7. The smallest absolute Gasteiger partial charge is 0.0547 e. The van der Waals surface area contributed by atoms with Gasteiger partial charge in [-0.3, -0.25) is 0 Å². The molecule has 1 aromatic heterocycles. The number of hydrogen-bond acceptors (Lipinski definition) is 1. The van der Waals surface area contributed by atoms with E-state index >= 15 is 0 Å². The van der Waals surface area contributed by atoms with E-state index in [9.17, 15) is 0 Å². The Morgan fingerprint density at radius 1 is 0.377 bits per heavy atom. The van der Waals surface area contributed by atoms with Crippen LogP contribution in [0.25, 0.3) is 70.9 Å². The van der Waals surface area contributed by atoms with Gasteiger partial charge >= 0.3 is 0 Å². The number of benzene rings is 9. The average Bonchev–Trinajstić information content (AvgIpc) is 3.65. The summed E-state index contributed by atoms with van der Waals surface area (Å²) in [6.07, 6.45) is 0. The quantitative estimate of drug-likeness (QED) is 0.168. The molecule has 0 unspecified atom stereocenters. The van der Waals surface area contributed by atoms with Crippen molar-refractivity contribution in [3.05, 3.63) is 193 Å². The molecule has 0 N–H and O–H groups in total. The van der Waals surface area contributed by atoms with E-state index < -0.39 is 0 Å². The van der Waals surface area contributed by atoms with Crippen LogP contribution in [0.2, 0.25) is 0 Å². The maximum atomic E-state index is 2.53. The molecule has 10 aromatic rings. The predicted molar refractivity (Wildman–Crippen MR) is 226 cm³/mol. The molecule has 0 atom stereocenters. The minimum absolute atomic E-state index is 0.211. The van der Waals surface area contributed by atoms with Gasteiger partial charge < -0.3 is 9.47 Å². The Morgan fingerprint density at radius 2 is 0.906 bits per heavy atom. The minimum Gasteiger partial charge on any atom is -0.310 e. The second kappa shape index (κ2) is 11.2. The van der Waals surface area contributed by atoms with Crippen LogP contribution in [0, 0.1) is 0 Å². The molecule has 250 valence electrons. The topological polar surface area (TPSA) is 8.17 Å². The van der Waals surface area contributed by atoms with Crippen LogP contribution in [-0.4, -0.2) is 4.57 Å². The van der Waals surface area contributed by atoms with E-state index in [1.807, 2.05) is 0 Å². The van der Waals surface area contributed by atoms with E-state index in [1.54, 1.807) is 0 Å². The first kappa shape index (κ1) is 30.0. The molecule has 0 fully saturated rings. The summed E-state index contributed by atoms with van der Waals surface area (Å²) in [4.78, 5) is 2.37. The van der Waals surface area contributed by atoms with Crippen LogP contribution in [0.1, 0.15) is 25.0 Å².